The van der Waals surface area contributed by atoms with Gasteiger partial charge in [-0.15, -0.1) is 0 Å². The predicted molar refractivity (Wildman–Crippen MR) is 136 cm³/mol. The maximum Gasteiger partial charge on any atom is 0.331 e. The minimum atomic E-state index is -0.798. The number of aliphatic hydroxyl groups is 2. The average molecular weight is 531 g/mol. The van der Waals surface area contributed by atoms with Crippen LogP contribution in [0.1, 0.15) is 46.5 Å². The van der Waals surface area contributed by atoms with E-state index in [-0.39, 0.29) is 32.0 Å². The molecule has 8 atom stereocenters. The van der Waals surface area contributed by atoms with Gasteiger partial charge in [-0.3, -0.25) is 0 Å². The Hall–Kier alpha value is -2.30. The van der Waals surface area contributed by atoms with Crippen LogP contribution in [-0.4, -0.2) is 84.7 Å². The predicted octanol–water partition coefficient (Wildman–Crippen LogP) is 2.32. The quantitative estimate of drug-likeness (QED) is 0.314. The molecule has 38 heavy (non-hydrogen) atoms. The molecule has 2 spiro atoms. The first kappa shape index (κ1) is 27.3. The van der Waals surface area contributed by atoms with Crippen LogP contribution in [0.2, 0.25) is 0 Å². The number of epoxide rings is 1. The number of aliphatic hydroxyl groups excluding tert-OH is 2. The third kappa shape index (κ3) is 4.48. The van der Waals surface area contributed by atoms with Gasteiger partial charge in [-0.25, -0.2) is 9.59 Å². The maximum atomic E-state index is 13.0. The molecule has 2 aliphatic carbocycles. The second kappa shape index (κ2) is 10.4. The smallest absolute Gasteiger partial charge is 0.331 e. The fourth-order valence-electron chi connectivity index (χ4n) is 6.91. The van der Waals surface area contributed by atoms with Crippen LogP contribution in [0.5, 0.6) is 0 Å². The topological polar surface area (TPSA) is 124 Å². The highest BCUT2D eigenvalue weighted by Gasteiger charge is 2.83. The first-order valence-corrected chi connectivity index (χ1v) is 13.4. The van der Waals surface area contributed by atoms with Crippen LogP contribution in [0.15, 0.2) is 47.6 Å². The molecule has 9 nitrogen and oxygen atoms in total. The number of cyclic esters (lactones) is 1. The zero-order valence-corrected chi connectivity index (χ0v) is 22.3. The highest BCUT2D eigenvalue weighted by atomic mass is 16.6. The van der Waals surface area contributed by atoms with E-state index in [4.69, 9.17) is 23.7 Å². The van der Waals surface area contributed by atoms with Crippen molar-refractivity contribution in [2.45, 2.75) is 82.6 Å². The van der Waals surface area contributed by atoms with Crippen LogP contribution in [0.25, 0.3) is 0 Å². The monoisotopic (exact) mass is 530 g/mol. The summed E-state index contributed by atoms with van der Waals surface area (Å²) in [5, 5.41) is 19.9. The molecule has 5 rings (SSSR count). The fraction of sp³-hybridized carbons (Fsp3) is 0.655. The summed E-state index contributed by atoms with van der Waals surface area (Å²) in [5.74, 6) is -1.05. The van der Waals surface area contributed by atoms with Gasteiger partial charge in [0.25, 0.3) is 0 Å². The average Bonchev–Trinajstić information content (AvgIpc) is 3.66. The molecule has 5 aliphatic rings. The number of ether oxygens (including phenoxy) is 5. The lowest BCUT2D eigenvalue weighted by Crippen LogP contribution is -2.66. The molecule has 3 aliphatic heterocycles. The third-order valence-corrected chi connectivity index (χ3v) is 9.33. The van der Waals surface area contributed by atoms with Crippen LogP contribution < -0.4 is 0 Å². The van der Waals surface area contributed by atoms with Crippen molar-refractivity contribution in [3.05, 3.63) is 47.6 Å². The van der Waals surface area contributed by atoms with Crippen LogP contribution >= 0.6 is 0 Å². The van der Waals surface area contributed by atoms with E-state index >= 15 is 0 Å². The zero-order chi connectivity index (χ0) is 27.1. The van der Waals surface area contributed by atoms with E-state index in [2.05, 4.69) is 19.9 Å². The summed E-state index contributed by atoms with van der Waals surface area (Å²) in [6.45, 7) is 6.19. The van der Waals surface area contributed by atoms with Crippen molar-refractivity contribution in [3.8, 4) is 0 Å². The van der Waals surface area contributed by atoms with Crippen LogP contribution in [0, 0.1) is 10.8 Å². The van der Waals surface area contributed by atoms with Gasteiger partial charge in [0.1, 0.15) is 24.4 Å². The molecule has 0 radical (unpaired) electrons. The van der Waals surface area contributed by atoms with Gasteiger partial charge in [0, 0.05) is 24.0 Å². The summed E-state index contributed by atoms with van der Waals surface area (Å²) < 4.78 is 30.4. The lowest BCUT2D eigenvalue weighted by molar-refractivity contribution is -0.232. The SMILES string of the molecule is CC1=C[C@H]2O[C@@H]3C[C@H]4OC(=O)/C=C\C=C\[C@H]([C@@H](C)O)OCC/C(CO)=C/C(=O)OC[C@@]2(CC1)[C@]4(C)[C@]31CO1. The molecule has 0 unspecified atom stereocenters. The van der Waals surface area contributed by atoms with E-state index in [1.807, 2.05) is 0 Å². The molecular weight excluding hydrogens is 492 g/mol. The van der Waals surface area contributed by atoms with Crippen LogP contribution in [-0.2, 0) is 33.3 Å². The van der Waals surface area contributed by atoms with Gasteiger partial charge in [0.2, 0.25) is 0 Å². The van der Waals surface area contributed by atoms with E-state index in [1.165, 1.54) is 17.7 Å². The summed E-state index contributed by atoms with van der Waals surface area (Å²) in [6.07, 6.45) is 9.45. The van der Waals surface area contributed by atoms with Crippen molar-refractivity contribution < 1.29 is 43.5 Å². The lowest BCUT2D eigenvalue weighted by atomic mass is 9.51. The first-order chi connectivity index (χ1) is 18.1. The van der Waals surface area contributed by atoms with Crippen molar-refractivity contribution in [2.24, 2.45) is 10.8 Å². The molecule has 3 fully saturated rings. The molecule has 3 heterocycles. The number of rotatable bonds is 2. The molecule has 208 valence electrons. The number of esters is 2. The Labute approximate surface area is 223 Å². The van der Waals surface area contributed by atoms with Gasteiger partial charge in [-0.05, 0) is 38.7 Å². The van der Waals surface area contributed by atoms with Crippen molar-refractivity contribution in [2.75, 3.05) is 26.4 Å². The Morgan fingerprint density at radius 1 is 1.13 bits per heavy atom. The summed E-state index contributed by atoms with van der Waals surface area (Å²) in [7, 11) is 0. The van der Waals surface area contributed by atoms with Gasteiger partial charge in [0.05, 0.1) is 43.5 Å². The summed E-state index contributed by atoms with van der Waals surface area (Å²) in [5.41, 5.74) is -0.225. The van der Waals surface area contributed by atoms with Crippen LogP contribution in [0.4, 0.5) is 0 Å². The Kier molecular flexibility index (Phi) is 7.43. The minimum absolute atomic E-state index is 0.0665. The van der Waals surface area contributed by atoms with E-state index in [1.54, 1.807) is 25.2 Å². The standard InChI is InChI=1S/C29H38O9/c1-18-8-10-28-16-35-26(33)13-20(15-30)9-11-34-21(19(2)31)6-4-5-7-25(32)38-22-14-24(37-23(28)12-18)29(17-36-29)27(22,28)3/h4-7,12-13,19,21-24,30-31H,8-11,14-17H2,1-3H3/b6-4+,7-5-,20-13-/t19-,21-,22-,23-,24-,27-,28-,29+/m1/s1. The first-order valence-electron chi connectivity index (χ1n) is 13.4. The Balaban J connectivity index is 1.52. The largest absolute Gasteiger partial charge is 0.462 e. The number of hydrogen-bond acceptors (Lipinski definition) is 9. The Morgan fingerprint density at radius 2 is 1.92 bits per heavy atom. The normalized spacial score (nSPS) is 45.3. The van der Waals surface area contributed by atoms with E-state index in [0.29, 0.717) is 31.4 Å². The molecule has 0 aromatic rings. The van der Waals surface area contributed by atoms with Gasteiger partial charge in [-0.1, -0.05) is 36.8 Å². The highest BCUT2D eigenvalue weighted by Crippen LogP contribution is 2.72. The molecule has 2 saturated heterocycles. The van der Waals surface area contributed by atoms with E-state index in [0.717, 1.165) is 6.42 Å². The molecule has 2 N–H and O–H groups in total. The summed E-state index contributed by atoms with van der Waals surface area (Å²) in [4.78, 5) is 25.9. The van der Waals surface area contributed by atoms with E-state index in [9.17, 15) is 19.8 Å². The summed E-state index contributed by atoms with van der Waals surface area (Å²) in [6, 6.07) is 0. The number of allylic oxidation sites excluding steroid dienone is 3. The van der Waals surface area contributed by atoms with Crippen molar-refractivity contribution >= 4 is 11.9 Å². The van der Waals surface area contributed by atoms with Crippen LogP contribution in [0.3, 0.4) is 0 Å². The van der Waals surface area contributed by atoms with Gasteiger partial charge < -0.3 is 33.9 Å². The maximum absolute atomic E-state index is 13.0. The zero-order valence-electron chi connectivity index (χ0n) is 22.3. The minimum Gasteiger partial charge on any atom is -0.462 e. The van der Waals surface area contributed by atoms with Gasteiger partial charge in [-0.2, -0.15) is 0 Å². The molecule has 1 saturated carbocycles. The fourth-order valence-corrected chi connectivity index (χ4v) is 6.91. The lowest BCUT2D eigenvalue weighted by Gasteiger charge is -2.58. The van der Waals surface area contributed by atoms with E-state index < -0.39 is 46.7 Å². The summed E-state index contributed by atoms with van der Waals surface area (Å²) >= 11 is 0. The number of carbonyl (C=O) groups excluding carboxylic acids is 2. The Bertz CT molecular complexity index is 1070. The molecule has 2 bridgehead atoms. The van der Waals surface area contributed by atoms with Crippen molar-refractivity contribution in [1.29, 1.82) is 0 Å². The third-order valence-electron chi connectivity index (χ3n) is 9.33. The van der Waals surface area contributed by atoms with Crippen molar-refractivity contribution in [1.82, 2.24) is 0 Å². The van der Waals surface area contributed by atoms with Crippen molar-refractivity contribution in [3.63, 3.8) is 0 Å². The Morgan fingerprint density at radius 3 is 2.63 bits per heavy atom. The molecule has 9 heteroatoms. The second-order valence-corrected chi connectivity index (χ2v) is 11.4. The van der Waals surface area contributed by atoms with Gasteiger partial charge >= 0.3 is 11.9 Å². The second-order valence-electron chi connectivity index (χ2n) is 11.4. The molecule has 0 amide bonds. The number of hydrogen-bond donors (Lipinski definition) is 2. The molecule has 0 aromatic heterocycles. The molecular formula is C29H38O9. The number of carbonyl (C=O) groups is 2. The van der Waals surface area contributed by atoms with Gasteiger partial charge in [0.15, 0.2) is 0 Å². The molecule has 0 aromatic carbocycles. The highest BCUT2D eigenvalue weighted by molar-refractivity contribution is 5.83.